The third kappa shape index (κ3) is 2.73. The second-order valence-electron chi connectivity index (χ2n) is 5.15. The van der Waals surface area contributed by atoms with E-state index >= 15 is 0 Å². The number of hydrogen-bond donors (Lipinski definition) is 2. The molecular weight excluding hydrogens is 232 g/mol. The van der Waals surface area contributed by atoms with E-state index in [1.54, 1.807) is 0 Å². The summed E-state index contributed by atoms with van der Waals surface area (Å²) in [4.78, 5) is 0. The second-order valence-corrected chi connectivity index (χ2v) is 5.15. The molecule has 0 amide bonds. The molecule has 0 aromatic heterocycles. The van der Waals surface area contributed by atoms with Crippen molar-refractivity contribution in [3.63, 3.8) is 0 Å². The first-order chi connectivity index (χ1) is 9.02. The van der Waals surface area contributed by atoms with E-state index in [9.17, 15) is 0 Å². The first-order valence-electron chi connectivity index (χ1n) is 6.77. The summed E-state index contributed by atoms with van der Waals surface area (Å²) in [6.45, 7) is 6.40. The molecule has 1 atom stereocenters. The molecule has 2 nitrogen and oxygen atoms in total. The van der Waals surface area contributed by atoms with Crippen molar-refractivity contribution in [2.45, 2.75) is 33.1 Å². The molecule has 0 heterocycles. The van der Waals surface area contributed by atoms with Crippen molar-refractivity contribution in [2.24, 2.45) is 0 Å². The van der Waals surface area contributed by atoms with Crippen LogP contribution >= 0.6 is 0 Å². The molecule has 1 unspecified atom stereocenters. The average Bonchev–Trinajstić information content (AvgIpc) is 2.41. The van der Waals surface area contributed by atoms with E-state index < -0.39 is 0 Å². The molecule has 0 radical (unpaired) electrons. The number of nitrogen functional groups attached to an aromatic ring is 2. The van der Waals surface area contributed by atoms with Gasteiger partial charge in [-0.15, -0.1) is 0 Å². The van der Waals surface area contributed by atoms with E-state index in [0.29, 0.717) is 5.92 Å². The average molecular weight is 254 g/mol. The monoisotopic (exact) mass is 254 g/mol. The van der Waals surface area contributed by atoms with E-state index in [1.165, 1.54) is 16.7 Å². The number of benzene rings is 2. The van der Waals surface area contributed by atoms with Gasteiger partial charge in [0.15, 0.2) is 0 Å². The van der Waals surface area contributed by atoms with Crippen molar-refractivity contribution in [1.82, 2.24) is 0 Å². The molecule has 2 rings (SSSR count). The van der Waals surface area contributed by atoms with Gasteiger partial charge in [-0.3, -0.25) is 0 Å². The SMILES string of the molecule is CCc1cc(C(C)c2ccc(N)c(C)c2)ccc1N. The molecule has 0 saturated carbocycles. The van der Waals surface area contributed by atoms with Crippen LogP contribution in [0.4, 0.5) is 11.4 Å². The van der Waals surface area contributed by atoms with E-state index in [0.717, 1.165) is 23.4 Å². The number of aryl methyl sites for hydroxylation is 2. The van der Waals surface area contributed by atoms with Crippen molar-refractivity contribution < 1.29 is 0 Å². The van der Waals surface area contributed by atoms with Crippen molar-refractivity contribution in [3.05, 3.63) is 58.7 Å². The van der Waals surface area contributed by atoms with Crippen LogP contribution in [0.2, 0.25) is 0 Å². The summed E-state index contributed by atoms with van der Waals surface area (Å²) in [6.07, 6.45) is 0.965. The highest BCUT2D eigenvalue weighted by Gasteiger charge is 2.10. The lowest BCUT2D eigenvalue weighted by Gasteiger charge is -2.16. The number of nitrogens with two attached hydrogens (primary N) is 2. The van der Waals surface area contributed by atoms with Gasteiger partial charge in [0.25, 0.3) is 0 Å². The van der Waals surface area contributed by atoms with E-state index in [2.05, 4.69) is 38.1 Å². The normalized spacial score (nSPS) is 12.4. The van der Waals surface area contributed by atoms with E-state index in [1.807, 2.05) is 19.1 Å². The second kappa shape index (κ2) is 5.35. The van der Waals surface area contributed by atoms with Crippen LogP contribution < -0.4 is 11.5 Å². The maximum Gasteiger partial charge on any atom is 0.0346 e. The van der Waals surface area contributed by atoms with Gasteiger partial charge in [0.1, 0.15) is 0 Å². The van der Waals surface area contributed by atoms with E-state index in [4.69, 9.17) is 11.5 Å². The largest absolute Gasteiger partial charge is 0.399 e. The van der Waals surface area contributed by atoms with Crippen LogP contribution in [0.1, 0.15) is 42.0 Å². The standard InChI is InChI=1S/C17H22N2/c1-4-13-10-15(6-8-17(13)19)12(3)14-5-7-16(18)11(2)9-14/h5-10,12H,4,18-19H2,1-3H3. The van der Waals surface area contributed by atoms with Crippen LogP contribution in [0.5, 0.6) is 0 Å². The molecule has 0 aliphatic carbocycles. The van der Waals surface area contributed by atoms with Crippen LogP contribution in [0.15, 0.2) is 36.4 Å². The Hall–Kier alpha value is -1.96. The van der Waals surface area contributed by atoms with Gasteiger partial charge < -0.3 is 11.5 Å². The Morgan fingerprint density at radius 3 is 2.11 bits per heavy atom. The summed E-state index contributed by atoms with van der Waals surface area (Å²) in [6, 6.07) is 12.6. The van der Waals surface area contributed by atoms with Crippen molar-refractivity contribution in [2.75, 3.05) is 11.5 Å². The van der Waals surface area contributed by atoms with Crippen molar-refractivity contribution in [1.29, 1.82) is 0 Å². The Morgan fingerprint density at radius 1 is 0.947 bits per heavy atom. The zero-order chi connectivity index (χ0) is 14.0. The zero-order valence-electron chi connectivity index (χ0n) is 11.9. The van der Waals surface area contributed by atoms with Gasteiger partial charge >= 0.3 is 0 Å². The topological polar surface area (TPSA) is 52.0 Å². The van der Waals surface area contributed by atoms with Crippen molar-refractivity contribution in [3.8, 4) is 0 Å². The maximum absolute atomic E-state index is 5.97. The predicted molar refractivity (Wildman–Crippen MR) is 83.3 cm³/mol. The molecule has 2 aromatic carbocycles. The van der Waals surface area contributed by atoms with Crippen molar-refractivity contribution >= 4 is 11.4 Å². The highest BCUT2D eigenvalue weighted by molar-refractivity contribution is 5.52. The quantitative estimate of drug-likeness (QED) is 0.817. The molecule has 0 aliphatic rings. The Bertz CT molecular complexity index is 588. The summed E-state index contributed by atoms with van der Waals surface area (Å²) in [5.74, 6) is 0.352. The van der Waals surface area contributed by atoms with Gasteiger partial charge in [0, 0.05) is 17.3 Å². The molecule has 2 heteroatoms. The van der Waals surface area contributed by atoms with Gasteiger partial charge in [0.05, 0.1) is 0 Å². The molecule has 0 fully saturated rings. The summed E-state index contributed by atoms with van der Waals surface area (Å²) in [5, 5.41) is 0. The molecule has 4 N–H and O–H groups in total. The lowest BCUT2D eigenvalue weighted by molar-refractivity contribution is 0.915. The van der Waals surface area contributed by atoms with Gasteiger partial charge in [-0.25, -0.2) is 0 Å². The molecule has 2 aromatic rings. The van der Waals surface area contributed by atoms with Crippen LogP contribution in [-0.2, 0) is 6.42 Å². The van der Waals surface area contributed by atoms with E-state index in [-0.39, 0.29) is 0 Å². The van der Waals surface area contributed by atoms with Crippen LogP contribution in [-0.4, -0.2) is 0 Å². The summed E-state index contributed by atoms with van der Waals surface area (Å²) >= 11 is 0. The number of anilines is 2. The third-order valence-corrected chi connectivity index (χ3v) is 3.84. The Labute approximate surface area is 115 Å². The summed E-state index contributed by atoms with van der Waals surface area (Å²) in [7, 11) is 0. The zero-order valence-corrected chi connectivity index (χ0v) is 11.9. The van der Waals surface area contributed by atoms with Gasteiger partial charge in [0.2, 0.25) is 0 Å². The number of rotatable bonds is 3. The van der Waals surface area contributed by atoms with Crippen LogP contribution in [0, 0.1) is 6.92 Å². The fourth-order valence-electron chi connectivity index (χ4n) is 2.36. The summed E-state index contributed by atoms with van der Waals surface area (Å²) < 4.78 is 0. The molecule has 0 bridgehead atoms. The maximum atomic E-state index is 5.97. The highest BCUT2D eigenvalue weighted by atomic mass is 14.6. The van der Waals surface area contributed by atoms with Gasteiger partial charge in [-0.2, -0.15) is 0 Å². The summed E-state index contributed by atoms with van der Waals surface area (Å²) in [5.41, 5.74) is 18.5. The minimum Gasteiger partial charge on any atom is -0.399 e. The number of hydrogen-bond acceptors (Lipinski definition) is 2. The minimum absolute atomic E-state index is 0.352. The minimum atomic E-state index is 0.352. The lowest BCUT2D eigenvalue weighted by Crippen LogP contribution is -2.01. The fourth-order valence-corrected chi connectivity index (χ4v) is 2.36. The highest BCUT2D eigenvalue weighted by Crippen LogP contribution is 2.28. The lowest BCUT2D eigenvalue weighted by atomic mass is 9.90. The van der Waals surface area contributed by atoms with Gasteiger partial charge in [-0.1, -0.05) is 38.1 Å². The molecular formula is C17H22N2. The van der Waals surface area contributed by atoms with Crippen LogP contribution in [0.25, 0.3) is 0 Å². The first kappa shape index (κ1) is 13.5. The Morgan fingerprint density at radius 2 is 1.53 bits per heavy atom. The fraction of sp³-hybridized carbons (Fsp3) is 0.294. The molecule has 0 aliphatic heterocycles. The smallest absolute Gasteiger partial charge is 0.0346 e. The molecule has 100 valence electrons. The van der Waals surface area contributed by atoms with Gasteiger partial charge in [-0.05, 0) is 47.7 Å². The molecule has 0 spiro atoms. The third-order valence-electron chi connectivity index (χ3n) is 3.84. The first-order valence-corrected chi connectivity index (χ1v) is 6.77. The van der Waals surface area contributed by atoms with Crippen LogP contribution in [0.3, 0.4) is 0 Å². The predicted octanol–water partition coefficient (Wildman–Crippen LogP) is 3.87. The Kier molecular flexibility index (Phi) is 3.79. The molecule has 0 saturated heterocycles. The molecule has 19 heavy (non-hydrogen) atoms. The Balaban J connectivity index is 2.37.